The number of carbonyl (C=O) groups is 1. The maximum absolute atomic E-state index is 12.4. The van der Waals surface area contributed by atoms with Gasteiger partial charge in [-0.15, -0.1) is 0 Å². The highest BCUT2D eigenvalue weighted by atomic mass is 16.6. The number of rotatable bonds is 3. The maximum Gasteiger partial charge on any atom is 0.410 e. The summed E-state index contributed by atoms with van der Waals surface area (Å²) in [6.07, 6.45) is 1.81. The van der Waals surface area contributed by atoms with E-state index in [4.69, 9.17) is 15.2 Å². The van der Waals surface area contributed by atoms with Gasteiger partial charge in [0.25, 0.3) is 0 Å². The second-order valence-electron chi connectivity index (χ2n) is 6.83. The molecule has 2 unspecified atom stereocenters. The van der Waals surface area contributed by atoms with Gasteiger partial charge in [0.1, 0.15) is 5.60 Å². The molecule has 2 fully saturated rings. The predicted molar refractivity (Wildman–Crippen MR) is 81.2 cm³/mol. The highest BCUT2D eigenvalue weighted by Crippen LogP contribution is 2.25. The third-order valence-corrected chi connectivity index (χ3v) is 4.13. The summed E-state index contributed by atoms with van der Waals surface area (Å²) in [5.74, 6) is 0. The first-order chi connectivity index (χ1) is 9.92. The zero-order valence-electron chi connectivity index (χ0n) is 13.5. The summed E-state index contributed by atoms with van der Waals surface area (Å²) in [5, 5.41) is 0. The van der Waals surface area contributed by atoms with Crippen molar-refractivity contribution in [1.82, 2.24) is 9.80 Å². The summed E-state index contributed by atoms with van der Waals surface area (Å²) in [4.78, 5) is 16.6. The fraction of sp³-hybridized carbons (Fsp3) is 0.933. The van der Waals surface area contributed by atoms with Gasteiger partial charge in [-0.25, -0.2) is 4.79 Å². The number of hydrogen-bond donors (Lipinski definition) is 1. The zero-order valence-corrected chi connectivity index (χ0v) is 13.5. The van der Waals surface area contributed by atoms with Crippen LogP contribution in [0.1, 0.15) is 33.6 Å². The monoisotopic (exact) mass is 299 g/mol. The third kappa shape index (κ3) is 4.31. The van der Waals surface area contributed by atoms with Gasteiger partial charge in [0.2, 0.25) is 0 Å². The van der Waals surface area contributed by atoms with E-state index in [1.165, 1.54) is 0 Å². The van der Waals surface area contributed by atoms with Crippen molar-refractivity contribution in [2.45, 2.75) is 51.3 Å². The van der Waals surface area contributed by atoms with Crippen LogP contribution in [-0.2, 0) is 9.47 Å². The van der Waals surface area contributed by atoms with E-state index in [-0.39, 0.29) is 18.2 Å². The van der Waals surface area contributed by atoms with Crippen molar-refractivity contribution >= 4 is 6.09 Å². The molecule has 0 aromatic rings. The van der Waals surface area contributed by atoms with E-state index in [0.29, 0.717) is 6.54 Å². The molecular weight excluding hydrogens is 270 g/mol. The Bertz CT molecular complexity index is 351. The summed E-state index contributed by atoms with van der Waals surface area (Å²) in [6.45, 7) is 10.3. The van der Waals surface area contributed by atoms with Gasteiger partial charge in [0.15, 0.2) is 0 Å². The van der Waals surface area contributed by atoms with E-state index in [1.807, 2.05) is 25.7 Å². The first-order valence-corrected chi connectivity index (χ1v) is 7.94. The molecule has 0 spiro atoms. The van der Waals surface area contributed by atoms with Crippen molar-refractivity contribution in [2.24, 2.45) is 5.73 Å². The van der Waals surface area contributed by atoms with Crippen molar-refractivity contribution in [2.75, 3.05) is 39.4 Å². The van der Waals surface area contributed by atoms with Gasteiger partial charge in [-0.2, -0.15) is 0 Å². The molecule has 2 aliphatic rings. The van der Waals surface area contributed by atoms with Crippen LogP contribution in [0.15, 0.2) is 0 Å². The summed E-state index contributed by atoms with van der Waals surface area (Å²) < 4.78 is 10.9. The summed E-state index contributed by atoms with van der Waals surface area (Å²) >= 11 is 0. The molecule has 122 valence electrons. The van der Waals surface area contributed by atoms with Gasteiger partial charge in [0, 0.05) is 32.2 Å². The van der Waals surface area contributed by atoms with E-state index in [2.05, 4.69) is 4.90 Å². The van der Waals surface area contributed by atoms with E-state index >= 15 is 0 Å². The Hall–Kier alpha value is -0.850. The van der Waals surface area contributed by atoms with Crippen LogP contribution in [0.5, 0.6) is 0 Å². The zero-order chi connectivity index (χ0) is 15.5. The number of likely N-dealkylation sites (tertiary alicyclic amines) is 1. The number of hydrogen-bond acceptors (Lipinski definition) is 5. The molecule has 2 rings (SSSR count). The van der Waals surface area contributed by atoms with Crippen LogP contribution < -0.4 is 5.73 Å². The number of nitrogens with two attached hydrogens (primary N) is 1. The molecule has 0 bridgehead atoms. The minimum atomic E-state index is -0.457. The molecule has 2 saturated heterocycles. The smallest absolute Gasteiger partial charge is 0.410 e. The van der Waals surface area contributed by atoms with Gasteiger partial charge in [0.05, 0.1) is 19.3 Å². The van der Waals surface area contributed by atoms with Crippen molar-refractivity contribution in [3.05, 3.63) is 0 Å². The lowest BCUT2D eigenvalue weighted by Gasteiger charge is -2.40. The van der Waals surface area contributed by atoms with Crippen LogP contribution in [0.3, 0.4) is 0 Å². The standard InChI is InChI=1S/C15H29N3O3/c1-15(2,3)21-14(19)18-6-4-5-12(18)13(11-16)17-7-9-20-10-8-17/h12-13H,4-11,16H2,1-3H3. The number of amides is 1. The minimum Gasteiger partial charge on any atom is -0.444 e. The summed E-state index contributed by atoms with van der Waals surface area (Å²) in [5.41, 5.74) is 5.55. The molecule has 0 aromatic heterocycles. The average molecular weight is 299 g/mol. The number of morpholine rings is 1. The second-order valence-corrected chi connectivity index (χ2v) is 6.83. The van der Waals surface area contributed by atoms with E-state index in [1.54, 1.807) is 0 Å². The van der Waals surface area contributed by atoms with Gasteiger partial charge in [-0.3, -0.25) is 4.90 Å². The molecule has 1 amide bonds. The van der Waals surface area contributed by atoms with Gasteiger partial charge >= 0.3 is 6.09 Å². The average Bonchev–Trinajstić information content (AvgIpc) is 2.88. The maximum atomic E-state index is 12.4. The molecule has 2 aliphatic heterocycles. The molecule has 0 aliphatic carbocycles. The van der Waals surface area contributed by atoms with Crippen LogP contribution in [0.25, 0.3) is 0 Å². The Labute approximate surface area is 127 Å². The molecule has 0 saturated carbocycles. The van der Waals surface area contributed by atoms with Crippen LogP contribution in [0.2, 0.25) is 0 Å². The first kappa shape index (κ1) is 16.5. The molecule has 2 heterocycles. The summed E-state index contributed by atoms with van der Waals surface area (Å²) in [6, 6.07) is 0.354. The molecular formula is C15H29N3O3. The molecule has 6 heteroatoms. The lowest BCUT2D eigenvalue weighted by molar-refractivity contribution is -0.0118. The van der Waals surface area contributed by atoms with Crippen LogP contribution >= 0.6 is 0 Å². The van der Waals surface area contributed by atoms with Crippen molar-refractivity contribution in [3.63, 3.8) is 0 Å². The minimum absolute atomic E-state index is 0.156. The molecule has 2 N–H and O–H groups in total. The van der Waals surface area contributed by atoms with E-state index < -0.39 is 5.60 Å². The van der Waals surface area contributed by atoms with E-state index in [9.17, 15) is 4.79 Å². The van der Waals surface area contributed by atoms with Crippen LogP contribution in [0, 0.1) is 0 Å². The van der Waals surface area contributed by atoms with E-state index in [0.717, 1.165) is 45.7 Å². The van der Waals surface area contributed by atoms with Crippen LogP contribution in [-0.4, -0.2) is 73.0 Å². The van der Waals surface area contributed by atoms with Gasteiger partial charge in [-0.05, 0) is 33.6 Å². The molecule has 2 atom stereocenters. The Morgan fingerprint density at radius 2 is 2.00 bits per heavy atom. The normalized spacial score (nSPS) is 25.9. The topological polar surface area (TPSA) is 68.0 Å². The Balaban J connectivity index is 2.03. The Morgan fingerprint density at radius 1 is 1.33 bits per heavy atom. The molecule has 21 heavy (non-hydrogen) atoms. The lowest BCUT2D eigenvalue weighted by Crippen LogP contribution is -2.57. The van der Waals surface area contributed by atoms with Gasteiger partial charge in [-0.1, -0.05) is 0 Å². The Kier molecular flexibility index (Phi) is 5.46. The van der Waals surface area contributed by atoms with Gasteiger partial charge < -0.3 is 20.1 Å². The third-order valence-electron chi connectivity index (χ3n) is 4.13. The Morgan fingerprint density at radius 3 is 2.57 bits per heavy atom. The second kappa shape index (κ2) is 6.94. The molecule has 0 radical (unpaired) electrons. The fourth-order valence-electron chi connectivity index (χ4n) is 3.20. The molecule has 6 nitrogen and oxygen atoms in total. The number of ether oxygens (including phenoxy) is 2. The fourth-order valence-corrected chi connectivity index (χ4v) is 3.20. The SMILES string of the molecule is CC(C)(C)OC(=O)N1CCCC1C(CN)N1CCOCC1. The number of nitrogens with zero attached hydrogens (tertiary/aromatic N) is 2. The van der Waals surface area contributed by atoms with Crippen LogP contribution in [0.4, 0.5) is 4.79 Å². The largest absolute Gasteiger partial charge is 0.444 e. The molecule has 0 aromatic carbocycles. The number of carbonyl (C=O) groups excluding carboxylic acids is 1. The van der Waals surface area contributed by atoms with Crippen molar-refractivity contribution in [1.29, 1.82) is 0 Å². The highest BCUT2D eigenvalue weighted by molar-refractivity contribution is 5.69. The predicted octanol–water partition coefficient (Wildman–Crippen LogP) is 1.05. The first-order valence-electron chi connectivity index (χ1n) is 7.94. The quantitative estimate of drug-likeness (QED) is 0.843. The lowest BCUT2D eigenvalue weighted by atomic mass is 10.0. The van der Waals surface area contributed by atoms with Crippen molar-refractivity contribution in [3.8, 4) is 0 Å². The van der Waals surface area contributed by atoms with Crippen molar-refractivity contribution < 1.29 is 14.3 Å². The highest BCUT2D eigenvalue weighted by Gasteiger charge is 2.39. The summed E-state index contributed by atoms with van der Waals surface area (Å²) in [7, 11) is 0.